The van der Waals surface area contributed by atoms with E-state index in [1.807, 2.05) is 12.1 Å². The van der Waals surface area contributed by atoms with Gasteiger partial charge in [0.2, 0.25) is 0 Å². The van der Waals surface area contributed by atoms with Crippen LogP contribution in [-0.2, 0) is 13.0 Å². The molecule has 1 aliphatic heterocycles. The van der Waals surface area contributed by atoms with Gasteiger partial charge in [-0.3, -0.25) is 0 Å². The second-order valence-corrected chi connectivity index (χ2v) is 5.84. The van der Waals surface area contributed by atoms with Crippen LogP contribution in [0.3, 0.4) is 0 Å². The lowest BCUT2D eigenvalue weighted by atomic mass is 10.0. The molecule has 0 amide bonds. The number of fused-ring (bicyclic) bond motifs is 1. The van der Waals surface area contributed by atoms with Gasteiger partial charge in [-0.25, -0.2) is 4.39 Å². The lowest BCUT2D eigenvalue weighted by Gasteiger charge is -2.31. The molecular weight excluding hydrogens is 305 g/mol. The Balaban J connectivity index is 1.87. The SMILES string of the molecule is Fc1ccc(CN2CCCc3ccc(Br)cc32)cc1. The van der Waals surface area contributed by atoms with Crippen molar-refractivity contribution in [3.05, 3.63) is 63.9 Å². The number of hydrogen-bond acceptors (Lipinski definition) is 1. The third kappa shape index (κ3) is 2.81. The molecule has 0 fully saturated rings. The molecule has 98 valence electrons. The van der Waals surface area contributed by atoms with Gasteiger partial charge < -0.3 is 4.90 Å². The van der Waals surface area contributed by atoms with Crippen LogP contribution in [0.4, 0.5) is 10.1 Å². The van der Waals surface area contributed by atoms with Gasteiger partial charge in [-0.05, 0) is 48.2 Å². The summed E-state index contributed by atoms with van der Waals surface area (Å²) in [5, 5.41) is 0. The predicted octanol–water partition coefficient (Wildman–Crippen LogP) is 4.54. The first-order valence-electron chi connectivity index (χ1n) is 6.50. The summed E-state index contributed by atoms with van der Waals surface area (Å²) in [5.41, 5.74) is 3.84. The average Bonchev–Trinajstić information content (AvgIpc) is 2.42. The highest BCUT2D eigenvalue weighted by Crippen LogP contribution is 2.31. The number of aryl methyl sites for hydroxylation is 1. The highest BCUT2D eigenvalue weighted by atomic mass is 79.9. The fourth-order valence-corrected chi connectivity index (χ4v) is 2.95. The van der Waals surface area contributed by atoms with E-state index in [0.717, 1.165) is 29.5 Å². The molecule has 1 heterocycles. The van der Waals surface area contributed by atoms with Crippen LogP contribution in [0.2, 0.25) is 0 Å². The summed E-state index contributed by atoms with van der Waals surface area (Å²) < 4.78 is 14.0. The number of benzene rings is 2. The van der Waals surface area contributed by atoms with Crippen LogP contribution in [0.1, 0.15) is 17.5 Å². The Hall–Kier alpha value is -1.35. The third-order valence-corrected chi connectivity index (χ3v) is 4.04. The Bertz CT molecular complexity index is 580. The van der Waals surface area contributed by atoms with Crippen molar-refractivity contribution < 1.29 is 4.39 Å². The summed E-state index contributed by atoms with van der Waals surface area (Å²) in [6.07, 6.45) is 2.32. The second-order valence-electron chi connectivity index (χ2n) is 4.92. The number of nitrogens with zero attached hydrogens (tertiary/aromatic N) is 1. The van der Waals surface area contributed by atoms with Crippen molar-refractivity contribution in [1.29, 1.82) is 0 Å². The molecule has 3 heteroatoms. The van der Waals surface area contributed by atoms with Crippen molar-refractivity contribution >= 4 is 21.6 Å². The van der Waals surface area contributed by atoms with Gasteiger partial charge >= 0.3 is 0 Å². The average molecular weight is 320 g/mol. The maximum absolute atomic E-state index is 12.9. The first-order valence-corrected chi connectivity index (χ1v) is 7.29. The number of hydrogen-bond donors (Lipinski definition) is 0. The monoisotopic (exact) mass is 319 g/mol. The van der Waals surface area contributed by atoms with E-state index in [2.05, 4.69) is 39.0 Å². The summed E-state index contributed by atoms with van der Waals surface area (Å²) in [7, 11) is 0. The van der Waals surface area contributed by atoms with E-state index in [-0.39, 0.29) is 5.82 Å². The van der Waals surface area contributed by atoms with Crippen LogP contribution in [0.25, 0.3) is 0 Å². The van der Waals surface area contributed by atoms with E-state index < -0.39 is 0 Å². The minimum Gasteiger partial charge on any atom is -0.367 e. The van der Waals surface area contributed by atoms with Crippen LogP contribution in [0.15, 0.2) is 46.9 Å². The van der Waals surface area contributed by atoms with Crippen molar-refractivity contribution in [1.82, 2.24) is 0 Å². The zero-order valence-electron chi connectivity index (χ0n) is 10.6. The minimum atomic E-state index is -0.175. The van der Waals surface area contributed by atoms with Crippen molar-refractivity contribution in [2.24, 2.45) is 0 Å². The second kappa shape index (κ2) is 5.33. The van der Waals surface area contributed by atoms with Gasteiger partial charge in [0.1, 0.15) is 5.82 Å². The van der Waals surface area contributed by atoms with Crippen molar-refractivity contribution in [3.63, 3.8) is 0 Å². The molecule has 0 N–H and O–H groups in total. The number of anilines is 1. The zero-order valence-corrected chi connectivity index (χ0v) is 12.2. The third-order valence-electron chi connectivity index (χ3n) is 3.55. The fourth-order valence-electron chi connectivity index (χ4n) is 2.60. The van der Waals surface area contributed by atoms with Gasteiger partial charge in [0.15, 0.2) is 0 Å². The molecule has 0 saturated carbocycles. The van der Waals surface area contributed by atoms with Crippen molar-refractivity contribution in [3.8, 4) is 0 Å². The van der Waals surface area contributed by atoms with Gasteiger partial charge in [0, 0.05) is 23.2 Å². The maximum atomic E-state index is 12.9. The minimum absolute atomic E-state index is 0.175. The van der Waals surface area contributed by atoms with Gasteiger partial charge in [0.05, 0.1) is 0 Å². The molecular formula is C16H15BrFN. The molecule has 0 aromatic heterocycles. The molecule has 0 bridgehead atoms. The highest BCUT2D eigenvalue weighted by molar-refractivity contribution is 9.10. The summed E-state index contributed by atoms with van der Waals surface area (Å²) >= 11 is 3.54. The van der Waals surface area contributed by atoms with E-state index in [1.54, 1.807) is 0 Å². The van der Waals surface area contributed by atoms with E-state index in [0.29, 0.717) is 0 Å². The van der Waals surface area contributed by atoms with Gasteiger partial charge in [-0.1, -0.05) is 34.1 Å². The van der Waals surface area contributed by atoms with Crippen molar-refractivity contribution in [2.75, 3.05) is 11.4 Å². The zero-order chi connectivity index (χ0) is 13.2. The standard InChI is InChI=1S/C16H15BrFN/c17-14-6-5-13-2-1-9-19(16(13)10-14)11-12-3-7-15(18)8-4-12/h3-8,10H,1-2,9,11H2. The van der Waals surface area contributed by atoms with Gasteiger partial charge in [-0.15, -0.1) is 0 Å². The Kier molecular flexibility index (Phi) is 3.56. The number of halogens is 2. The number of rotatable bonds is 2. The normalized spacial score (nSPS) is 14.3. The smallest absolute Gasteiger partial charge is 0.123 e. The Labute approximate surface area is 121 Å². The molecule has 0 unspecified atom stereocenters. The molecule has 1 aliphatic rings. The predicted molar refractivity (Wildman–Crippen MR) is 79.9 cm³/mol. The van der Waals surface area contributed by atoms with Crippen LogP contribution < -0.4 is 4.90 Å². The quantitative estimate of drug-likeness (QED) is 0.785. The van der Waals surface area contributed by atoms with Crippen LogP contribution in [0.5, 0.6) is 0 Å². The topological polar surface area (TPSA) is 3.24 Å². The van der Waals surface area contributed by atoms with E-state index in [4.69, 9.17) is 0 Å². The first-order chi connectivity index (χ1) is 9.22. The summed E-state index contributed by atoms with van der Waals surface area (Å²) in [6.45, 7) is 1.89. The summed E-state index contributed by atoms with van der Waals surface area (Å²) in [5.74, 6) is -0.175. The molecule has 0 spiro atoms. The molecule has 0 atom stereocenters. The fraction of sp³-hybridized carbons (Fsp3) is 0.250. The summed E-state index contributed by atoms with van der Waals surface area (Å²) in [4.78, 5) is 2.37. The molecule has 0 aliphatic carbocycles. The van der Waals surface area contributed by atoms with Crippen molar-refractivity contribution in [2.45, 2.75) is 19.4 Å². The molecule has 2 aromatic carbocycles. The van der Waals surface area contributed by atoms with Crippen LogP contribution >= 0.6 is 15.9 Å². The first kappa shape index (κ1) is 12.7. The molecule has 0 saturated heterocycles. The molecule has 3 rings (SSSR count). The van der Waals surface area contributed by atoms with Crippen LogP contribution in [-0.4, -0.2) is 6.54 Å². The van der Waals surface area contributed by atoms with Gasteiger partial charge in [0.25, 0.3) is 0 Å². The lowest BCUT2D eigenvalue weighted by molar-refractivity contribution is 0.626. The Morgan fingerprint density at radius 1 is 1.11 bits per heavy atom. The molecule has 1 nitrogen and oxygen atoms in total. The van der Waals surface area contributed by atoms with Gasteiger partial charge in [-0.2, -0.15) is 0 Å². The molecule has 2 aromatic rings. The summed E-state index contributed by atoms with van der Waals surface area (Å²) in [6, 6.07) is 13.2. The largest absolute Gasteiger partial charge is 0.367 e. The van der Waals surface area contributed by atoms with Crippen LogP contribution in [0, 0.1) is 5.82 Å². The Morgan fingerprint density at radius 2 is 1.89 bits per heavy atom. The van der Waals surface area contributed by atoms with E-state index >= 15 is 0 Å². The van der Waals surface area contributed by atoms with E-state index in [9.17, 15) is 4.39 Å². The lowest BCUT2D eigenvalue weighted by Crippen LogP contribution is -2.28. The maximum Gasteiger partial charge on any atom is 0.123 e. The Morgan fingerprint density at radius 3 is 2.68 bits per heavy atom. The molecule has 0 radical (unpaired) electrons. The highest BCUT2D eigenvalue weighted by Gasteiger charge is 2.17. The van der Waals surface area contributed by atoms with E-state index in [1.165, 1.54) is 29.8 Å². The molecule has 19 heavy (non-hydrogen) atoms.